The van der Waals surface area contributed by atoms with Gasteiger partial charge in [0.15, 0.2) is 5.13 Å². The van der Waals surface area contributed by atoms with Gasteiger partial charge in [0.05, 0.1) is 11.4 Å². The largest absolute Gasteiger partial charge is 0.301 e. The lowest BCUT2D eigenvalue weighted by atomic mass is 9.86. The third-order valence-electron chi connectivity index (χ3n) is 5.05. The molecule has 1 saturated carbocycles. The second-order valence-electron chi connectivity index (χ2n) is 6.72. The molecule has 1 N–H and O–H groups in total. The molecule has 1 atom stereocenters. The van der Waals surface area contributed by atoms with Crippen molar-refractivity contribution in [3.05, 3.63) is 53.7 Å². The Bertz CT molecular complexity index is 856. The van der Waals surface area contributed by atoms with Crippen LogP contribution in [0.3, 0.4) is 0 Å². The van der Waals surface area contributed by atoms with Crippen LogP contribution in [-0.2, 0) is 4.79 Å². The van der Waals surface area contributed by atoms with E-state index in [9.17, 15) is 4.79 Å². The summed E-state index contributed by atoms with van der Waals surface area (Å²) in [5.41, 5.74) is 2.03. The molecule has 0 spiro atoms. The molecule has 3 aromatic rings. The summed E-state index contributed by atoms with van der Waals surface area (Å²) in [6.07, 6.45) is 9.46. The average molecular weight is 351 g/mol. The first-order valence-electron chi connectivity index (χ1n) is 8.84. The summed E-state index contributed by atoms with van der Waals surface area (Å²) in [6.45, 7) is 0. The Kier molecular flexibility index (Phi) is 4.74. The number of hydrogen-bond donors (Lipinski definition) is 1. The molecular weight excluding hydrogens is 330 g/mol. The lowest BCUT2D eigenvalue weighted by Gasteiger charge is -2.20. The van der Waals surface area contributed by atoms with Gasteiger partial charge >= 0.3 is 0 Å². The number of fused-ring (bicyclic) bond motifs is 1. The van der Waals surface area contributed by atoms with E-state index < -0.39 is 0 Å². The molecule has 1 fully saturated rings. The summed E-state index contributed by atoms with van der Waals surface area (Å²) in [4.78, 5) is 21.5. The maximum Gasteiger partial charge on any atom is 0.233 e. The van der Waals surface area contributed by atoms with Crippen LogP contribution >= 0.6 is 11.3 Å². The first-order chi connectivity index (χ1) is 12.3. The molecule has 1 unspecified atom stereocenters. The number of rotatable bonds is 5. The highest BCUT2D eigenvalue weighted by Gasteiger charge is 2.27. The average Bonchev–Trinajstić information content (AvgIpc) is 3.33. The molecule has 4 nitrogen and oxygen atoms in total. The van der Waals surface area contributed by atoms with Crippen LogP contribution in [0.1, 0.15) is 43.6 Å². The van der Waals surface area contributed by atoms with Crippen LogP contribution in [0, 0.1) is 5.92 Å². The van der Waals surface area contributed by atoms with Crippen LogP contribution in [0.5, 0.6) is 0 Å². The van der Waals surface area contributed by atoms with E-state index in [1.807, 2.05) is 17.5 Å². The second kappa shape index (κ2) is 7.31. The van der Waals surface area contributed by atoms with Gasteiger partial charge in [0.25, 0.3) is 0 Å². The zero-order chi connectivity index (χ0) is 17.1. The van der Waals surface area contributed by atoms with Gasteiger partial charge in [-0.25, -0.2) is 4.98 Å². The number of amides is 1. The van der Waals surface area contributed by atoms with Crippen molar-refractivity contribution in [1.82, 2.24) is 9.97 Å². The van der Waals surface area contributed by atoms with Crippen molar-refractivity contribution < 1.29 is 4.79 Å². The van der Waals surface area contributed by atoms with Crippen molar-refractivity contribution in [2.75, 3.05) is 5.32 Å². The molecule has 2 aromatic heterocycles. The SMILES string of the molecule is O=C(Nc1nccs1)C(CC1CCCC1)c1ccc2ncccc2c1. The Balaban J connectivity index is 1.63. The van der Waals surface area contributed by atoms with Crippen molar-refractivity contribution in [3.63, 3.8) is 0 Å². The predicted octanol–water partition coefficient (Wildman–Crippen LogP) is 4.99. The summed E-state index contributed by atoms with van der Waals surface area (Å²) in [5, 5.41) is 6.63. The first kappa shape index (κ1) is 16.2. The Morgan fingerprint density at radius 3 is 2.88 bits per heavy atom. The summed E-state index contributed by atoms with van der Waals surface area (Å²) in [5.74, 6) is 0.540. The molecule has 1 aliphatic carbocycles. The Hall–Kier alpha value is -2.27. The van der Waals surface area contributed by atoms with Crippen LogP contribution in [0.25, 0.3) is 10.9 Å². The molecule has 128 valence electrons. The molecule has 5 heteroatoms. The van der Waals surface area contributed by atoms with E-state index in [2.05, 4.69) is 33.5 Å². The Morgan fingerprint density at radius 1 is 1.20 bits per heavy atom. The molecule has 0 saturated heterocycles. The minimum atomic E-state index is -0.142. The van der Waals surface area contributed by atoms with Crippen LogP contribution in [0.15, 0.2) is 48.1 Å². The highest BCUT2D eigenvalue weighted by Crippen LogP contribution is 2.35. The highest BCUT2D eigenvalue weighted by molar-refractivity contribution is 7.13. The number of carbonyl (C=O) groups is 1. The van der Waals surface area contributed by atoms with Crippen LogP contribution in [0.2, 0.25) is 0 Å². The van der Waals surface area contributed by atoms with Gasteiger partial charge < -0.3 is 5.32 Å². The van der Waals surface area contributed by atoms with Gasteiger partial charge in [-0.2, -0.15) is 0 Å². The van der Waals surface area contributed by atoms with Crippen LogP contribution in [0.4, 0.5) is 5.13 Å². The number of nitrogens with zero attached hydrogens (tertiary/aromatic N) is 2. The fourth-order valence-electron chi connectivity index (χ4n) is 3.76. The molecule has 0 aliphatic heterocycles. The van der Waals surface area contributed by atoms with E-state index in [4.69, 9.17) is 0 Å². The third-order valence-corrected chi connectivity index (χ3v) is 5.74. The smallest absolute Gasteiger partial charge is 0.233 e. The maximum absolute atomic E-state index is 13.0. The molecule has 4 rings (SSSR count). The lowest BCUT2D eigenvalue weighted by molar-refractivity contribution is -0.118. The number of aromatic nitrogens is 2. The Labute approximate surface area is 151 Å². The fourth-order valence-corrected chi connectivity index (χ4v) is 4.29. The van der Waals surface area contributed by atoms with Crippen LogP contribution in [-0.4, -0.2) is 15.9 Å². The molecule has 1 aromatic carbocycles. The van der Waals surface area contributed by atoms with Gasteiger partial charge in [-0.05, 0) is 36.1 Å². The Morgan fingerprint density at radius 2 is 2.08 bits per heavy atom. The normalized spacial score (nSPS) is 16.2. The standard InChI is InChI=1S/C20H21N3OS/c24-19(23-20-22-10-11-25-20)17(12-14-4-1-2-5-14)15-7-8-18-16(13-15)6-3-9-21-18/h3,6-11,13-14,17H,1-2,4-5,12H2,(H,22,23,24). The summed E-state index contributed by atoms with van der Waals surface area (Å²) in [6, 6.07) is 10.2. The fraction of sp³-hybridized carbons (Fsp3) is 0.350. The number of nitrogens with one attached hydrogen (secondary N) is 1. The molecular formula is C20H21N3OS. The topological polar surface area (TPSA) is 54.9 Å². The highest BCUT2D eigenvalue weighted by atomic mass is 32.1. The molecule has 1 amide bonds. The molecule has 2 heterocycles. The van der Waals surface area contributed by atoms with Crippen molar-refractivity contribution in [2.45, 2.75) is 38.0 Å². The number of carbonyl (C=O) groups excluding carboxylic acids is 1. The van der Waals surface area contributed by atoms with Crippen molar-refractivity contribution in [2.24, 2.45) is 5.92 Å². The van der Waals surface area contributed by atoms with E-state index in [1.165, 1.54) is 37.0 Å². The number of hydrogen-bond acceptors (Lipinski definition) is 4. The lowest BCUT2D eigenvalue weighted by Crippen LogP contribution is -2.23. The summed E-state index contributed by atoms with van der Waals surface area (Å²) >= 11 is 1.46. The van der Waals surface area contributed by atoms with Gasteiger partial charge in [-0.1, -0.05) is 37.8 Å². The zero-order valence-electron chi connectivity index (χ0n) is 14.0. The van der Waals surface area contributed by atoms with E-state index in [0.717, 1.165) is 22.9 Å². The van der Waals surface area contributed by atoms with E-state index in [-0.39, 0.29) is 11.8 Å². The first-order valence-corrected chi connectivity index (χ1v) is 9.72. The predicted molar refractivity (Wildman–Crippen MR) is 102 cm³/mol. The third kappa shape index (κ3) is 3.71. The van der Waals surface area contributed by atoms with E-state index >= 15 is 0 Å². The minimum Gasteiger partial charge on any atom is -0.301 e. The summed E-state index contributed by atoms with van der Waals surface area (Å²) in [7, 11) is 0. The van der Waals surface area contributed by atoms with Crippen molar-refractivity contribution in [3.8, 4) is 0 Å². The molecule has 0 bridgehead atoms. The monoisotopic (exact) mass is 351 g/mol. The second-order valence-corrected chi connectivity index (χ2v) is 7.62. The maximum atomic E-state index is 13.0. The van der Waals surface area contributed by atoms with Gasteiger partial charge in [0.1, 0.15) is 0 Å². The van der Waals surface area contributed by atoms with Gasteiger partial charge in [0, 0.05) is 23.2 Å². The van der Waals surface area contributed by atoms with E-state index in [1.54, 1.807) is 12.4 Å². The number of pyridine rings is 1. The van der Waals surface area contributed by atoms with Gasteiger partial charge in [-0.3, -0.25) is 9.78 Å². The van der Waals surface area contributed by atoms with Crippen LogP contribution < -0.4 is 5.32 Å². The van der Waals surface area contributed by atoms with E-state index in [0.29, 0.717) is 11.0 Å². The number of benzene rings is 1. The minimum absolute atomic E-state index is 0.0464. The number of thiazole rings is 1. The zero-order valence-corrected chi connectivity index (χ0v) is 14.8. The van der Waals surface area contributed by atoms with Crippen molar-refractivity contribution >= 4 is 33.3 Å². The van der Waals surface area contributed by atoms with Gasteiger partial charge in [-0.15, -0.1) is 11.3 Å². The molecule has 0 radical (unpaired) electrons. The molecule has 25 heavy (non-hydrogen) atoms. The number of anilines is 1. The van der Waals surface area contributed by atoms with Crippen molar-refractivity contribution in [1.29, 1.82) is 0 Å². The van der Waals surface area contributed by atoms with Gasteiger partial charge in [0.2, 0.25) is 5.91 Å². The quantitative estimate of drug-likeness (QED) is 0.704. The summed E-state index contributed by atoms with van der Waals surface area (Å²) < 4.78 is 0. The molecule has 1 aliphatic rings.